The molecular formula is C12H18N2O3. The number of amides is 1. The molecule has 17 heavy (non-hydrogen) atoms. The van der Waals surface area contributed by atoms with Crippen molar-refractivity contribution >= 4 is 11.7 Å². The molecule has 0 saturated carbocycles. The van der Waals surface area contributed by atoms with Crippen molar-refractivity contribution in [3.8, 4) is 0 Å². The first-order valence-electron chi connectivity index (χ1n) is 5.58. The van der Waals surface area contributed by atoms with Gasteiger partial charge < -0.3 is 14.6 Å². The van der Waals surface area contributed by atoms with Gasteiger partial charge in [-0.1, -0.05) is 0 Å². The molecule has 1 rings (SSSR count). The molecule has 5 nitrogen and oxygen atoms in total. The number of hydrogen-bond acceptors (Lipinski definition) is 3. The van der Waals surface area contributed by atoms with Crippen LogP contribution >= 0.6 is 0 Å². The molecule has 1 N–H and O–H groups in total. The number of Topliss-reactive ketones (excluding diaryl/α,β-unsaturated/α-hetero) is 1. The van der Waals surface area contributed by atoms with Crippen molar-refractivity contribution in [3.05, 3.63) is 23.5 Å². The number of aryl methyl sites for hydroxylation is 1. The van der Waals surface area contributed by atoms with E-state index >= 15 is 0 Å². The quantitative estimate of drug-likeness (QED) is 0.767. The third-order valence-electron chi connectivity index (χ3n) is 2.67. The second-order valence-electron chi connectivity index (χ2n) is 3.89. The van der Waals surface area contributed by atoms with Gasteiger partial charge in [0.1, 0.15) is 5.69 Å². The molecule has 1 aromatic heterocycles. The first-order valence-corrected chi connectivity index (χ1v) is 5.58. The maximum atomic E-state index is 12.1. The minimum absolute atomic E-state index is 0.0649. The van der Waals surface area contributed by atoms with Crippen molar-refractivity contribution in [2.45, 2.75) is 13.8 Å². The lowest BCUT2D eigenvalue weighted by atomic mass is 10.2. The summed E-state index contributed by atoms with van der Waals surface area (Å²) in [5.41, 5.74) is 0.987. The van der Waals surface area contributed by atoms with Gasteiger partial charge in [0.05, 0.1) is 6.61 Å². The monoisotopic (exact) mass is 238 g/mol. The molecule has 0 spiro atoms. The number of likely N-dealkylation sites (N-methyl/N-ethyl adjacent to an activating group) is 1. The summed E-state index contributed by atoms with van der Waals surface area (Å²) in [5.74, 6) is -0.235. The molecule has 0 atom stereocenters. The van der Waals surface area contributed by atoms with Gasteiger partial charge >= 0.3 is 0 Å². The Morgan fingerprint density at radius 2 is 2.12 bits per heavy atom. The van der Waals surface area contributed by atoms with Crippen molar-refractivity contribution in [2.24, 2.45) is 7.05 Å². The van der Waals surface area contributed by atoms with E-state index in [0.717, 1.165) is 0 Å². The summed E-state index contributed by atoms with van der Waals surface area (Å²) in [7, 11) is 1.73. The van der Waals surface area contributed by atoms with E-state index in [2.05, 4.69) is 0 Å². The van der Waals surface area contributed by atoms with Gasteiger partial charge in [0.2, 0.25) is 0 Å². The van der Waals surface area contributed by atoms with E-state index in [1.54, 1.807) is 28.8 Å². The van der Waals surface area contributed by atoms with Gasteiger partial charge in [-0.2, -0.15) is 0 Å². The predicted octanol–water partition coefficient (Wildman–Crippen LogP) is 0.682. The summed E-state index contributed by atoms with van der Waals surface area (Å²) in [6, 6.07) is 1.59. The van der Waals surface area contributed by atoms with Gasteiger partial charge in [0, 0.05) is 31.9 Å². The minimum atomic E-state index is -0.170. The minimum Gasteiger partial charge on any atom is -0.395 e. The number of ketones is 1. The van der Waals surface area contributed by atoms with E-state index in [-0.39, 0.29) is 18.3 Å². The van der Waals surface area contributed by atoms with Gasteiger partial charge in [0.15, 0.2) is 5.78 Å². The lowest BCUT2D eigenvalue weighted by molar-refractivity contribution is 0.0722. The van der Waals surface area contributed by atoms with Crippen molar-refractivity contribution < 1.29 is 14.7 Å². The molecule has 0 unspecified atom stereocenters. The summed E-state index contributed by atoms with van der Waals surface area (Å²) in [6.45, 7) is 4.08. The lowest BCUT2D eigenvalue weighted by Crippen LogP contribution is -2.34. The standard InChI is InChI=1S/C12H18N2O3/c1-4-14(5-6-15)12(17)11-7-10(9(2)16)8-13(11)3/h7-8,15H,4-6H2,1-3H3. The predicted molar refractivity (Wildman–Crippen MR) is 64.1 cm³/mol. The molecule has 0 aromatic carbocycles. The van der Waals surface area contributed by atoms with Crippen LogP contribution in [0, 0.1) is 0 Å². The van der Waals surface area contributed by atoms with Gasteiger partial charge in [-0.15, -0.1) is 0 Å². The van der Waals surface area contributed by atoms with Crippen LogP contribution in [0.2, 0.25) is 0 Å². The van der Waals surface area contributed by atoms with E-state index in [4.69, 9.17) is 5.11 Å². The van der Waals surface area contributed by atoms with E-state index in [1.165, 1.54) is 6.92 Å². The maximum Gasteiger partial charge on any atom is 0.270 e. The Bertz CT molecular complexity index is 423. The van der Waals surface area contributed by atoms with E-state index < -0.39 is 0 Å². The fourth-order valence-electron chi connectivity index (χ4n) is 1.66. The summed E-state index contributed by atoms with van der Waals surface area (Å²) in [4.78, 5) is 24.9. The topological polar surface area (TPSA) is 62.5 Å². The molecular weight excluding hydrogens is 220 g/mol. The zero-order chi connectivity index (χ0) is 13.0. The van der Waals surface area contributed by atoms with Gasteiger partial charge in [-0.25, -0.2) is 0 Å². The first-order chi connectivity index (χ1) is 8.01. The number of rotatable bonds is 5. The number of carbonyl (C=O) groups excluding carboxylic acids is 2. The average Bonchev–Trinajstić information content (AvgIpc) is 2.67. The van der Waals surface area contributed by atoms with E-state index in [9.17, 15) is 9.59 Å². The van der Waals surface area contributed by atoms with Crippen LogP contribution in [0.25, 0.3) is 0 Å². The molecule has 5 heteroatoms. The van der Waals surface area contributed by atoms with E-state index in [0.29, 0.717) is 24.3 Å². The normalized spacial score (nSPS) is 10.4. The number of aliphatic hydroxyl groups is 1. The highest BCUT2D eigenvalue weighted by molar-refractivity contribution is 5.99. The number of hydrogen-bond donors (Lipinski definition) is 1. The van der Waals surface area contributed by atoms with E-state index in [1.807, 2.05) is 6.92 Å². The summed E-state index contributed by atoms with van der Waals surface area (Å²) in [5, 5.41) is 8.87. The number of aliphatic hydroxyl groups excluding tert-OH is 1. The van der Waals surface area contributed by atoms with Crippen molar-refractivity contribution in [3.63, 3.8) is 0 Å². The van der Waals surface area contributed by atoms with Crippen LogP contribution in [-0.2, 0) is 7.05 Å². The van der Waals surface area contributed by atoms with Crippen molar-refractivity contribution in [1.82, 2.24) is 9.47 Å². The molecule has 1 heterocycles. The zero-order valence-electron chi connectivity index (χ0n) is 10.4. The van der Waals surface area contributed by atoms with Crippen LogP contribution in [0.1, 0.15) is 34.7 Å². The van der Waals surface area contributed by atoms with Gasteiger partial charge in [-0.3, -0.25) is 9.59 Å². The van der Waals surface area contributed by atoms with Gasteiger partial charge in [-0.05, 0) is 19.9 Å². The highest BCUT2D eigenvalue weighted by Gasteiger charge is 2.18. The van der Waals surface area contributed by atoms with Crippen LogP contribution in [0.4, 0.5) is 0 Å². The largest absolute Gasteiger partial charge is 0.395 e. The smallest absolute Gasteiger partial charge is 0.270 e. The van der Waals surface area contributed by atoms with Crippen LogP contribution < -0.4 is 0 Å². The number of aromatic nitrogens is 1. The van der Waals surface area contributed by atoms with Crippen LogP contribution in [0.15, 0.2) is 12.3 Å². The number of nitrogens with zero attached hydrogens (tertiary/aromatic N) is 2. The van der Waals surface area contributed by atoms with Crippen LogP contribution in [0.5, 0.6) is 0 Å². The Morgan fingerprint density at radius 1 is 1.47 bits per heavy atom. The average molecular weight is 238 g/mol. The zero-order valence-corrected chi connectivity index (χ0v) is 10.4. The molecule has 1 aromatic rings. The summed E-state index contributed by atoms with van der Waals surface area (Å²) >= 11 is 0. The van der Waals surface area contributed by atoms with Crippen LogP contribution in [0.3, 0.4) is 0 Å². The highest BCUT2D eigenvalue weighted by Crippen LogP contribution is 2.10. The Kier molecular flexibility index (Phi) is 4.45. The molecule has 0 fully saturated rings. The Balaban J connectivity index is 2.98. The molecule has 94 valence electrons. The fourth-order valence-corrected chi connectivity index (χ4v) is 1.66. The van der Waals surface area contributed by atoms with Crippen molar-refractivity contribution in [1.29, 1.82) is 0 Å². The molecule has 0 radical (unpaired) electrons. The molecule has 0 aliphatic carbocycles. The molecule has 1 amide bonds. The third-order valence-corrected chi connectivity index (χ3v) is 2.67. The number of carbonyl (C=O) groups is 2. The Hall–Kier alpha value is -1.62. The van der Waals surface area contributed by atoms with Gasteiger partial charge in [0.25, 0.3) is 5.91 Å². The highest BCUT2D eigenvalue weighted by atomic mass is 16.3. The SMILES string of the molecule is CCN(CCO)C(=O)c1cc(C(C)=O)cn1C. The lowest BCUT2D eigenvalue weighted by Gasteiger charge is -2.19. The second kappa shape index (κ2) is 5.63. The van der Waals surface area contributed by atoms with Crippen LogP contribution in [-0.4, -0.2) is 46.0 Å². The molecule has 0 saturated heterocycles. The second-order valence-corrected chi connectivity index (χ2v) is 3.89. The maximum absolute atomic E-state index is 12.1. The van der Waals surface area contributed by atoms with Crippen molar-refractivity contribution in [2.75, 3.05) is 19.7 Å². The molecule has 0 bridgehead atoms. The first kappa shape index (κ1) is 13.4. The molecule has 0 aliphatic rings. The summed E-state index contributed by atoms with van der Waals surface area (Å²) in [6.07, 6.45) is 1.64. The fraction of sp³-hybridized carbons (Fsp3) is 0.500. The Morgan fingerprint density at radius 3 is 2.53 bits per heavy atom. The third kappa shape index (κ3) is 2.94. The summed E-state index contributed by atoms with van der Waals surface area (Å²) < 4.78 is 1.64. The Labute approximate surface area is 101 Å². The molecule has 0 aliphatic heterocycles.